The molecule has 1 saturated carbocycles. The van der Waals surface area contributed by atoms with Crippen LogP contribution in [0, 0.1) is 6.92 Å². The fraction of sp³-hybridized carbons (Fsp3) is 0.471. The number of hydrogen-bond acceptors (Lipinski definition) is 7. The van der Waals surface area contributed by atoms with Crippen LogP contribution in [0.5, 0.6) is 6.01 Å². The van der Waals surface area contributed by atoms with E-state index < -0.39 is 11.8 Å². The van der Waals surface area contributed by atoms with Crippen LogP contribution in [0.4, 0.5) is 14.6 Å². The molecule has 7 rings (SSSR count). The van der Waals surface area contributed by atoms with Crippen LogP contribution in [0.15, 0.2) is 37.1 Å². The van der Waals surface area contributed by atoms with Gasteiger partial charge in [0.05, 0.1) is 17.2 Å². The van der Waals surface area contributed by atoms with Gasteiger partial charge in [0.15, 0.2) is 0 Å². The second kappa shape index (κ2) is 11.8. The molecule has 3 fully saturated rings. The smallest absolute Gasteiger partial charge is 0.319 e. The molecule has 0 spiro atoms. The first-order valence-corrected chi connectivity index (χ1v) is 16.3. The lowest BCUT2D eigenvalue weighted by molar-refractivity contribution is -0.126. The molecule has 2 aromatic heterocycles. The third-order valence-electron chi connectivity index (χ3n) is 9.98. The molecular formula is C34H38ClF2N7O2. The molecule has 4 heterocycles. The topological polar surface area (TPSA) is 90.5 Å². The quantitative estimate of drug-likeness (QED) is 0.234. The SMILES string of the molecule is C=CC(=O)N1CCN(c2nc(OC[C@@H]3CCCN3C)nc3c(C4CC(F)(F)C4)c(-c4c(C)ccc5[nH]ncc45)c(Cl)cc23)[C@@H](C)C1. The molecule has 46 heavy (non-hydrogen) atoms. The Morgan fingerprint density at radius 2 is 2.00 bits per heavy atom. The second-order valence-corrected chi connectivity index (χ2v) is 13.4. The van der Waals surface area contributed by atoms with Gasteiger partial charge in [-0.25, -0.2) is 8.78 Å². The number of hydrogen-bond donors (Lipinski definition) is 1. The number of nitrogens with one attached hydrogen (secondary N) is 1. The lowest BCUT2D eigenvalue weighted by Crippen LogP contribution is -2.53. The van der Waals surface area contributed by atoms with Gasteiger partial charge < -0.3 is 19.4 Å². The molecule has 3 aliphatic rings. The van der Waals surface area contributed by atoms with E-state index in [1.165, 1.54) is 6.08 Å². The number of H-pyrrole nitrogens is 1. The van der Waals surface area contributed by atoms with Crippen LogP contribution < -0.4 is 9.64 Å². The van der Waals surface area contributed by atoms with Crippen LogP contribution in [0.2, 0.25) is 5.02 Å². The maximum absolute atomic E-state index is 14.6. The standard InChI is InChI=1S/C34H38ClF2N7O2/c1-5-27(45)43-11-12-44(20(3)17-43)32-23-13-25(35)30(28-19(2)8-9-26-24(28)16-38-41-26)29(21-14-34(36,37)15-21)31(23)39-33(40-32)46-18-22-7-6-10-42(22)4/h5,8-9,13,16,20-22H,1,6-7,10-12,14-15,17-18H2,2-4H3,(H,38,41)/t20-,22-/m0/s1. The van der Waals surface area contributed by atoms with Crippen molar-refractivity contribution in [1.82, 2.24) is 30.0 Å². The minimum absolute atomic E-state index is 0.0959. The molecule has 0 bridgehead atoms. The number of benzene rings is 2. The molecule has 242 valence electrons. The van der Waals surface area contributed by atoms with Crippen molar-refractivity contribution in [3.8, 4) is 17.1 Å². The van der Waals surface area contributed by atoms with Crippen molar-refractivity contribution in [2.45, 2.75) is 63.5 Å². The summed E-state index contributed by atoms with van der Waals surface area (Å²) in [6, 6.07) is 6.15. The van der Waals surface area contributed by atoms with Gasteiger partial charge in [0.25, 0.3) is 0 Å². The van der Waals surface area contributed by atoms with Crippen molar-refractivity contribution in [1.29, 1.82) is 0 Å². The Hall–Kier alpha value is -3.83. The van der Waals surface area contributed by atoms with Crippen molar-refractivity contribution >= 4 is 45.1 Å². The van der Waals surface area contributed by atoms with E-state index in [-0.39, 0.29) is 36.8 Å². The van der Waals surface area contributed by atoms with Gasteiger partial charge in [-0.15, -0.1) is 0 Å². The van der Waals surface area contributed by atoms with Crippen LogP contribution in [0.3, 0.4) is 0 Å². The number of likely N-dealkylation sites (tertiary alicyclic amines) is 1. The van der Waals surface area contributed by atoms with Gasteiger partial charge in [0.1, 0.15) is 12.4 Å². The van der Waals surface area contributed by atoms with E-state index in [9.17, 15) is 13.6 Å². The summed E-state index contributed by atoms with van der Waals surface area (Å²) in [5.41, 5.74) is 4.58. The second-order valence-electron chi connectivity index (χ2n) is 13.0. The highest BCUT2D eigenvalue weighted by Gasteiger charge is 2.48. The van der Waals surface area contributed by atoms with E-state index in [4.69, 9.17) is 26.3 Å². The molecule has 1 amide bonds. The van der Waals surface area contributed by atoms with Crippen molar-refractivity contribution in [2.24, 2.45) is 0 Å². The highest BCUT2D eigenvalue weighted by atomic mass is 35.5. The van der Waals surface area contributed by atoms with Crippen molar-refractivity contribution in [3.63, 3.8) is 0 Å². The van der Waals surface area contributed by atoms with Crippen molar-refractivity contribution < 1.29 is 18.3 Å². The number of alkyl halides is 2. The molecule has 4 aromatic rings. The van der Waals surface area contributed by atoms with Gasteiger partial charge in [-0.1, -0.05) is 24.2 Å². The number of aromatic nitrogens is 4. The van der Waals surface area contributed by atoms with E-state index >= 15 is 0 Å². The summed E-state index contributed by atoms with van der Waals surface area (Å²) in [5, 5.41) is 9.27. The van der Waals surface area contributed by atoms with Gasteiger partial charge >= 0.3 is 6.01 Å². The molecule has 0 radical (unpaired) electrons. The molecule has 0 unspecified atom stereocenters. The van der Waals surface area contributed by atoms with Gasteiger partial charge in [-0.3, -0.25) is 9.89 Å². The van der Waals surface area contributed by atoms with E-state index in [1.807, 2.05) is 32.0 Å². The molecule has 2 saturated heterocycles. The first-order chi connectivity index (χ1) is 22.0. The fourth-order valence-electron chi connectivity index (χ4n) is 7.44. The van der Waals surface area contributed by atoms with Crippen LogP contribution in [0.1, 0.15) is 49.7 Å². The van der Waals surface area contributed by atoms with Gasteiger partial charge in [-0.05, 0) is 81.1 Å². The summed E-state index contributed by atoms with van der Waals surface area (Å²) in [7, 11) is 2.08. The number of fused-ring (bicyclic) bond motifs is 2. The predicted molar refractivity (Wildman–Crippen MR) is 176 cm³/mol. The highest BCUT2D eigenvalue weighted by molar-refractivity contribution is 6.35. The largest absolute Gasteiger partial charge is 0.462 e. The number of amides is 1. The normalized spacial score (nSPS) is 22.0. The monoisotopic (exact) mass is 649 g/mol. The Bertz CT molecular complexity index is 1840. The first kappa shape index (κ1) is 30.8. The van der Waals surface area contributed by atoms with Crippen LogP contribution in [-0.4, -0.2) is 93.7 Å². The summed E-state index contributed by atoms with van der Waals surface area (Å²) in [6.45, 7) is 10.6. The maximum atomic E-state index is 14.6. The van der Waals surface area contributed by atoms with Gasteiger partial charge in [-0.2, -0.15) is 15.1 Å². The summed E-state index contributed by atoms with van der Waals surface area (Å²) < 4.78 is 35.5. The average molecular weight is 650 g/mol. The lowest BCUT2D eigenvalue weighted by Gasteiger charge is -2.41. The van der Waals surface area contributed by atoms with Crippen LogP contribution in [-0.2, 0) is 4.79 Å². The Balaban J connectivity index is 1.44. The zero-order valence-electron chi connectivity index (χ0n) is 26.3. The Labute approximate surface area is 271 Å². The number of halogens is 3. The molecule has 1 N–H and O–H groups in total. The Morgan fingerprint density at radius 1 is 1.20 bits per heavy atom. The number of aromatic amines is 1. The third-order valence-corrected chi connectivity index (χ3v) is 10.3. The molecule has 12 heteroatoms. The van der Waals surface area contributed by atoms with Crippen LogP contribution in [0.25, 0.3) is 32.9 Å². The van der Waals surface area contributed by atoms with E-state index in [2.05, 4.69) is 33.6 Å². The van der Waals surface area contributed by atoms with Crippen LogP contribution >= 0.6 is 11.6 Å². The Morgan fingerprint density at radius 3 is 2.70 bits per heavy atom. The van der Waals surface area contributed by atoms with Gasteiger partial charge in [0.2, 0.25) is 11.8 Å². The average Bonchev–Trinajstić information content (AvgIpc) is 3.66. The van der Waals surface area contributed by atoms with Crippen molar-refractivity contribution in [3.05, 3.63) is 53.2 Å². The van der Waals surface area contributed by atoms with Gasteiger partial charge in [0, 0.05) is 65.9 Å². The molecule has 1 aliphatic carbocycles. The maximum Gasteiger partial charge on any atom is 0.319 e. The Kier molecular flexibility index (Phi) is 7.87. The summed E-state index contributed by atoms with van der Waals surface area (Å²) >= 11 is 7.22. The summed E-state index contributed by atoms with van der Waals surface area (Å²) in [4.78, 5) is 28.6. The molecule has 2 aromatic carbocycles. The summed E-state index contributed by atoms with van der Waals surface area (Å²) in [6.07, 6.45) is 4.61. The predicted octanol–water partition coefficient (Wildman–Crippen LogP) is 6.34. The molecule has 2 aliphatic heterocycles. The zero-order valence-corrected chi connectivity index (χ0v) is 27.1. The third kappa shape index (κ3) is 5.37. The highest BCUT2D eigenvalue weighted by Crippen LogP contribution is 2.55. The van der Waals surface area contributed by atoms with E-state index in [0.29, 0.717) is 59.1 Å². The minimum Gasteiger partial charge on any atom is -0.462 e. The number of ether oxygens (including phenoxy) is 1. The molecule has 2 atom stereocenters. The number of carbonyl (C=O) groups is 1. The molecule has 9 nitrogen and oxygen atoms in total. The fourth-order valence-corrected chi connectivity index (χ4v) is 7.75. The number of rotatable bonds is 7. The number of anilines is 1. The minimum atomic E-state index is -2.77. The summed E-state index contributed by atoms with van der Waals surface area (Å²) in [5.74, 6) is -2.73. The van der Waals surface area contributed by atoms with E-state index in [1.54, 1.807) is 11.1 Å². The molecular weight excluding hydrogens is 612 g/mol. The van der Waals surface area contributed by atoms with Crippen molar-refractivity contribution in [2.75, 3.05) is 44.7 Å². The number of aryl methyl sites for hydroxylation is 1. The lowest BCUT2D eigenvalue weighted by atomic mass is 9.73. The first-order valence-electron chi connectivity index (χ1n) is 15.9. The number of nitrogens with zero attached hydrogens (tertiary/aromatic N) is 6. The zero-order chi connectivity index (χ0) is 32.3. The van der Waals surface area contributed by atoms with E-state index in [0.717, 1.165) is 41.4 Å². The number of piperazine rings is 1. The number of likely N-dealkylation sites (N-methyl/N-ethyl adjacent to an activating group) is 1. The number of carbonyl (C=O) groups excluding carboxylic acids is 1.